The highest BCUT2D eigenvalue weighted by Crippen LogP contribution is 2.24. The molecule has 18 heavy (non-hydrogen) atoms. The second kappa shape index (κ2) is 6.19. The molecule has 0 aromatic carbocycles. The van der Waals surface area contributed by atoms with E-state index >= 15 is 0 Å². The van der Waals surface area contributed by atoms with E-state index in [0.717, 1.165) is 37.1 Å². The van der Waals surface area contributed by atoms with Crippen molar-refractivity contribution in [2.24, 2.45) is 5.92 Å². The minimum Gasteiger partial charge on any atom is -0.357 e. The van der Waals surface area contributed by atoms with E-state index in [1.165, 1.54) is 24.8 Å². The average Bonchev–Trinajstić information content (AvgIpc) is 2.41. The predicted octanol–water partition coefficient (Wildman–Crippen LogP) is 2.74. The molecule has 100 valence electrons. The van der Waals surface area contributed by atoms with Gasteiger partial charge in [-0.1, -0.05) is 19.4 Å². The monoisotopic (exact) mass is 247 g/mol. The van der Waals surface area contributed by atoms with Crippen LogP contribution >= 0.6 is 0 Å². The Labute approximate surface area is 111 Å². The van der Waals surface area contributed by atoms with Crippen LogP contribution in [0.25, 0.3) is 0 Å². The number of nitrogens with zero attached hydrogens (tertiary/aromatic N) is 2. The van der Waals surface area contributed by atoms with Gasteiger partial charge in [0.15, 0.2) is 0 Å². The molecule has 1 fully saturated rings. The molecule has 1 aromatic rings. The van der Waals surface area contributed by atoms with E-state index in [1.807, 2.05) is 7.05 Å². The van der Waals surface area contributed by atoms with Crippen molar-refractivity contribution in [3.05, 3.63) is 23.4 Å². The van der Waals surface area contributed by atoms with E-state index < -0.39 is 0 Å². The summed E-state index contributed by atoms with van der Waals surface area (Å²) >= 11 is 0. The number of pyridine rings is 1. The van der Waals surface area contributed by atoms with Crippen molar-refractivity contribution in [3.63, 3.8) is 0 Å². The van der Waals surface area contributed by atoms with Crippen LogP contribution in [-0.2, 0) is 6.54 Å². The van der Waals surface area contributed by atoms with Gasteiger partial charge in [0, 0.05) is 25.3 Å². The van der Waals surface area contributed by atoms with Gasteiger partial charge < -0.3 is 10.2 Å². The Morgan fingerprint density at radius 3 is 2.61 bits per heavy atom. The van der Waals surface area contributed by atoms with E-state index in [9.17, 15) is 0 Å². The summed E-state index contributed by atoms with van der Waals surface area (Å²) in [5, 5.41) is 3.18. The fraction of sp³-hybridized carbons (Fsp3) is 0.667. The lowest BCUT2D eigenvalue weighted by atomic mass is 9.94. The number of hydrogen-bond acceptors (Lipinski definition) is 3. The van der Waals surface area contributed by atoms with E-state index in [1.54, 1.807) is 0 Å². The van der Waals surface area contributed by atoms with E-state index in [0.29, 0.717) is 0 Å². The molecular weight excluding hydrogens is 222 g/mol. The first-order chi connectivity index (χ1) is 8.74. The van der Waals surface area contributed by atoms with E-state index in [-0.39, 0.29) is 0 Å². The van der Waals surface area contributed by atoms with Crippen molar-refractivity contribution in [1.82, 2.24) is 10.3 Å². The van der Waals surface area contributed by atoms with E-state index in [4.69, 9.17) is 4.98 Å². The third-order valence-electron chi connectivity index (χ3n) is 4.06. The summed E-state index contributed by atoms with van der Waals surface area (Å²) < 4.78 is 0. The Bertz CT molecular complexity index is 381. The van der Waals surface area contributed by atoms with Gasteiger partial charge in [0.05, 0.1) is 0 Å². The Kier molecular flexibility index (Phi) is 4.59. The molecule has 0 unspecified atom stereocenters. The summed E-state index contributed by atoms with van der Waals surface area (Å²) in [6.45, 7) is 7.63. The summed E-state index contributed by atoms with van der Waals surface area (Å²) in [7, 11) is 1.98. The summed E-state index contributed by atoms with van der Waals surface area (Å²) in [4.78, 5) is 7.19. The molecule has 0 radical (unpaired) electrons. The van der Waals surface area contributed by atoms with Crippen molar-refractivity contribution in [2.45, 2.75) is 39.7 Å². The quantitative estimate of drug-likeness (QED) is 0.886. The first-order valence-corrected chi connectivity index (χ1v) is 7.10. The highest BCUT2D eigenvalue weighted by molar-refractivity contribution is 5.42. The Hall–Kier alpha value is -1.09. The van der Waals surface area contributed by atoms with Crippen molar-refractivity contribution < 1.29 is 0 Å². The third kappa shape index (κ3) is 3.02. The van der Waals surface area contributed by atoms with Crippen LogP contribution in [-0.4, -0.2) is 25.1 Å². The summed E-state index contributed by atoms with van der Waals surface area (Å²) in [6, 6.07) is 4.38. The topological polar surface area (TPSA) is 28.2 Å². The molecule has 0 saturated carbocycles. The van der Waals surface area contributed by atoms with Gasteiger partial charge >= 0.3 is 0 Å². The minimum atomic E-state index is 0.900. The highest BCUT2D eigenvalue weighted by atomic mass is 15.2. The zero-order valence-electron chi connectivity index (χ0n) is 11.9. The zero-order chi connectivity index (χ0) is 13.0. The van der Waals surface area contributed by atoms with Gasteiger partial charge in [-0.05, 0) is 44.4 Å². The van der Waals surface area contributed by atoms with Crippen LogP contribution < -0.4 is 10.2 Å². The van der Waals surface area contributed by atoms with Crippen molar-refractivity contribution in [3.8, 4) is 0 Å². The molecule has 3 heteroatoms. The van der Waals surface area contributed by atoms with Crippen LogP contribution in [0.3, 0.4) is 0 Å². The van der Waals surface area contributed by atoms with Gasteiger partial charge in [0.1, 0.15) is 5.82 Å². The average molecular weight is 247 g/mol. The number of anilines is 1. The van der Waals surface area contributed by atoms with Gasteiger partial charge in [-0.25, -0.2) is 4.98 Å². The first-order valence-electron chi connectivity index (χ1n) is 7.10. The van der Waals surface area contributed by atoms with Crippen LogP contribution in [0.2, 0.25) is 0 Å². The standard InChI is InChI=1S/C15H25N3/c1-4-13-7-9-18(10-8-13)15-6-5-14(11-16-3)12(2)17-15/h5-6,13,16H,4,7-11H2,1-3H3. The maximum absolute atomic E-state index is 4.75. The lowest BCUT2D eigenvalue weighted by molar-refractivity contribution is 0.393. The molecule has 2 rings (SSSR count). The van der Waals surface area contributed by atoms with Gasteiger partial charge in [-0.2, -0.15) is 0 Å². The molecule has 1 N–H and O–H groups in total. The van der Waals surface area contributed by atoms with Gasteiger partial charge in [0.25, 0.3) is 0 Å². The SMILES string of the molecule is CCC1CCN(c2ccc(CNC)c(C)n2)CC1. The summed E-state index contributed by atoms with van der Waals surface area (Å²) in [5.74, 6) is 2.08. The molecule has 1 saturated heterocycles. The van der Waals surface area contributed by atoms with Gasteiger partial charge in [-0.15, -0.1) is 0 Å². The molecule has 1 aromatic heterocycles. The second-order valence-corrected chi connectivity index (χ2v) is 5.28. The van der Waals surface area contributed by atoms with Crippen LogP contribution in [0.15, 0.2) is 12.1 Å². The third-order valence-corrected chi connectivity index (χ3v) is 4.06. The fourth-order valence-electron chi connectivity index (χ4n) is 2.70. The molecule has 0 spiro atoms. The molecule has 0 atom stereocenters. The fourth-order valence-corrected chi connectivity index (χ4v) is 2.70. The van der Waals surface area contributed by atoms with Crippen LogP contribution in [0.1, 0.15) is 37.4 Å². The molecule has 0 aliphatic carbocycles. The normalized spacial score (nSPS) is 17.2. The highest BCUT2D eigenvalue weighted by Gasteiger charge is 2.18. The van der Waals surface area contributed by atoms with E-state index in [2.05, 4.69) is 36.2 Å². The van der Waals surface area contributed by atoms with Crippen molar-refractivity contribution >= 4 is 5.82 Å². The zero-order valence-corrected chi connectivity index (χ0v) is 11.9. The lowest BCUT2D eigenvalue weighted by Gasteiger charge is -2.32. The van der Waals surface area contributed by atoms with Gasteiger partial charge in [0.2, 0.25) is 0 Å². The Balaban J connectivity index is 2.03. The maximum Gasteiger partial charge on any atom is 0.128 e. The smallest absolute Gasteiger partial charge is 0.128 e. The molecule has 1 aliphatic heterocycles. The van der Waals surface area contributed by atoms with Crippen LogP contribution in [0.5, 0.6) is 0 Å². The number of aryl methyl sites for hydroxylation is 1. The number of hydrogen-bond donors (Lipinski definition) is 1. The molecule has 0 amide bonds. The van der Waals surface area contributed by atoms with Crippen LogP contribution in [0.4, 0.5) is 5.82 Å². The number of aromatic nitrogens is 1. The molecular formula is C15H25N3. The van der Waals surface area contributed by atoms with Gasteiger partial charge in [-0.3, -0.25) is 0 Å². The number of nitrogens with one attached hydrogen (secondary N) is 1. The molecule has 0 bridgehead atoms. The lowest BCUT2D eigenvalue weighted by Crippen LogP contribution is -2.34. The largest absolute Gasteiger partial charge is 0.357 e. The molecule has 2 heterocycles. The Morgan fingerprint density at radius 2 is 2.06 bits per heavy atom. The second-order valence-electron chi connectivity index (χ2n) is 5.28. The Morgan fingerprint density at radius 1 is 1.33 bits per heavy atom. The molecule has 1 aliphatic rings. The minimum absolute atomic E-state index is 0.900. The number of rotatable bonds is 4. The number of piperidine rings is 1. The first kappa shape index (κ1) is 13.3. The summed E-state index contributed by atoms with van der Waals surface area (Å²) in [6.07, 6.45) is 3.95. The predicted molar refractivity (Wildman–Crippen MR) is 77.0 cm³/mol. The molecule has 3 nitrogen and oxygen atoms in total. The van der Waals surface area contributed by atoms with Crippen molar-refractivity contribution in [2.75, 3.05) is 25.0 Å². The van der Waals surface area contributed by atoms with Crippen molar-refractivity contribution in [1.29, 1.82) is 0 Å². The summed E-state index contributed by atoms with van der Waals surface area (Å²) in [5.41, 5.74) is 2.45. The maximum atomic E-state index is 4.75. The van der Waals surface area contributed by atoms with Crippen LogP contribution in [0, 0.1) is 12.8 Å².